The first-order valence-corrected chi connectivity index (χ1v) is 5.82. The average Bonchev–Trinajstić information content (AvgIpc) is 2.39. The van der Waals surface area contributed by atoms with Gasteiger partial charge in [-0.15, -0.1) is 0 Å². The predicted octanol–water partition coefficient (Wildman–Crippen LogP) is 2.76. The van der Waals surface area contributed by atoms with Gasteiger partial charge in [0.2, 0.25) is 0 Å². The standard InChI is InChI=1S/C14H18N2O/c1-3-14(16-15)12-5-4-11-9-13(17-2)7-6-10(11)8-12/h4-9,14,16H,3,15H2,1-2H3/t14-/m1/s1. The molecule has 0 spiro atoms. The second-order valence-corrected chi connectivity index (χ2v) is 4.10. The van der Waals surface area contributed by atoms with E-state index in [0.29, 0.717) is 0 Å². The van der Waals surface area contributed by atoms with Crippen LogP contribution >= 0.6 is 0 Å². The minimum atomic E-state index is 0.210. The molecule has 0 heterocycles. The number of ether oxygens (including phenoxy) is 1. The zero-order chi connectivity index (χ0) is 12.3. The third kappa shape index (κ3) is 2.40. The maximum atomic E-state index is 5.54. The summed E-state index contributed by atoms with van der Waals surface area (Å²) in [6.45, 7) is 2.11. The van der Waals surface area contributed by atoms with Gasteiger partial charge < -0.3 is 4.74 Å². The number of benzene rings is 2. The number of rotatable bonds is 4. The first-order valence-electron chi connectivity index (χ1n) is 5.82. The van der Waals surface area contributed by atoms with Crippen LogP contribution in [0.15, 0.2) is 36.4 Å². The van der Waals surface area contributed by atoms with Crippen LogP contribution in [-0.4, -0.2) is 7.11 Å². The van der Waals surface area contributed by atoms with Crippen LogP contribution in [0.1, 0.15) is 24.9 Å². The van der Waals surface area contributed by atoms with E-state index >= 15 is 0 Å². The highest BCUT2D eigenvalue weighted by molar-refractivity contribution is 5.84. The van der Waals surface area contributed by atoms with Crippen molar-refractivity contribution in [1.82, 2.24) is 5.43 Å². The van der Waals surface area contributed by atoms with Gasteiger partial charge in [0, 0.05) is 6.04 Å². The van der Waals surface area contributed by atoms with Gasteiger partial charge in [-0.2, -0.15) is 0 Å². The smallest absolute Gasteiger partial charge is 0.119 e. The molecule has 0 amide bonds. The summed E-state index contributed by atoms with van der Waals surface area (Å²) in [5.74, 6) is 6.42. The van der Waals surface area contributed by atoms with Crippen LogP contribution in [0, 0.1) is 0 Å². The van der Waals surface area contributed by atoms with E-state index in [2.05, 4.69) is 36.6 Å². The molecule has 2 aromatic rings. The lowest BCUT2D eigenvalue weighted by Gasteiger charge is -2.14. The minimum absolute atomic E-state index is 0.210. The van der Waals surface area contributed by atoms with Gasteiger partial charge in [0.05, 0.1) is 7.11 Å². The third-order valence-electron chi connectivity index (χ3n) is 3.08. The molecule has 90 valence electrons. The van der Waals surface area contributed by atoms with Gasteiger partial charge in [-0.05, 0) is 41.0 Å². The van der Waals surface area contributed by atoms with E-state index in [1.54, 1.807) is 7.11 Å². The maximum Gasteiger partial charge on any atom is 0.119 e. The maximum absolute atomic E-state index is 5.54. The summed E-state index contributed by atoms with van der Waals surface area (Å²) in [7, 11) is 1.68. The number of fused-ring (bicyclic) bond motifs is 1. The Morgan fingerprint density at radius 1 is 1.18 bits per heavy atom. The molecular weight excluding hydrogens is 212 g/mol. The molecule has 0 aliphatic heterocycles. The van der Waals surface area contributed by atoms with Crippen molar-refractivity contribution >= 4 is 10.8 Å². The van der Waals surface area contributed by atoms with Crippen molar-refractivity contribution in [3.05, 3.63) is 42.0 Å². The predicted molar refractivity (Wildman–Crippen MR) is 70.9 cm³/mol. The summed E-state index contributed by atoms with van der Waals surface area (Å²) in [5.41, 5.74) is 4.05. The van der Waals surface area contributed by atoms with Gasteiger partial charge in [-0.25, -0.2) is 0 Å². The number of nitrogens with one attached hydrogen (secondary N) is 1. The summed E-state index contributed by atoms with van der Waals surface area (Å²) in [6, 6.07) is 12.7. The van der Waals surface area contributed by atoms with Crippen LogP contribution in [0.5, 0.6) is 5.75 Å². The molecule has 1 atom stereocenters. The van der Waals surface area contributed by atoms with E-state index in [1.165, 1.54) is 16.3 Å². The van der Waals surface area contributed by atoms with Crippen molar-refractivity contribution in [2.24, 2.45) is 5.84 Å². The highest BCUT2D eigenvalue weighted by atomic mass is 16.5. The third-order valence-corrected chi connectivity index (χ3v) is 3.08. The van der Waals surface area contributed by atoms with Crippen molar-refractivity contribution in [3.8, 4) is 5.75 Å². The highest BCUT2D eigenvalue weighted by Crippen LogP contribution is 2.25. The van der Waals surface area contributed by atoms with Crippen LogP contribution in [-0.2, 0) is 0 Å². The molecule has 0 unspecified atom stereocenters. The SMILES string of the molecule is CC[C@@H](NN)c1ccc2cc(OC)ccc2c1. The Bertz CT molecular complexity index is 507. The Morgan fingerprint density at radius 3 is 2.53 bits per heavy atom. The topological polar surface area (TPSA) is 47.3 Å². The molecule has 0 aliphatic rings. The van der Waals surface area contributed by atoms with E-state index in [1.807, 2.05) is 12.1 Å². The number of hydrogen-bond acceptors (Lipinski definition) is 3. The molecule has 0 aromatic heterocycles. The van der Waals surface area contributed by atoms with Crippen molar-refractivity contribution in [3.63, 3.8) is 0 Å². The van der Waals surface area contributed by atoms with E-state index in [-0.39, 0.29) is 6.04 Å². The fourth-order valence-electron chi connectivity index (χ4n) is 2.04. The molecule has 3 heteroatoms. The van der Waals surface area contributed by atoms with Crippen molar-refractivity contribution in [2.45, 2.75) is 19.4 Å². The molecule has 17 heavy (non-hydrogen) atoms. The van der Waals surface area contributed by atoms with E-state index in [0.717, 1.165) is 12.2 Å². The lowest BCUT2D eigenvalue weighted by atomic mass is 10.0. The monoisotopic (exact) mass is 230 g/mol. The Kier molecular flexibility index (Phi) is 3.61. The van der Waals surface area contributed by atoms with E-state index in [9.17, 15) is 0 Å². The molecular formula is C14H18N2O. The van der Waals surface area contributed by atoms with Crippen LogP contribution in [0.3, 0.4) is 0 Å². The Labute approximate surface area is 102 Å². The second kappa shape index (κ2) is 5.17. The summed E-state index contributed by atoms with van der Waals surface area (Å²) in [5, 5.41) is 2.39. The molecule has 0 aliphatic carbocycles. The molecule has 0 saturated heterocycles. The summed E-state index contributed by atoms with van der Waals surface area (Å²) >= 11 is 0. The van der Waals surface area contributed by atoms with Gasteiger partial charge in [0.1, 0.15) is 5.75 Å². The minimum Gasteiger partial charge on any atom is -0.497 e. The number of nitrogens with two attached hydrogens (primary N) is 1. The zero-order valence-electron chi connectivity index (χ0n) is 10.2. The fourth-order valence-corrected chi connectivity index (χ4v) is 2.04. The van der Waals surface area contributed by atoms with Gasteiger partial charge in [0.25, 0.3) is 0 Å². The van der Waals surface area contributed by atoms with Crippen LogP contribution in [0.4, 0.5) is 0 Å². The Balaban J connectivity index is 2.44. The fraction of sp³-hybridized carbons (Fsp3) is 0.286. The number of hydrazine groups is 1. The van der Waals surface area contributed by atoms with Gasteiger partial charge in [0.15, 0.2) is 0 Å². The molecule has 0 bridgehead atoms. The van der Waals surface area contributed by atoms with E-state index < -0.39 is 0 Å². The lowest BCUT2D eigenvalue weighted by molar-refractivity contribution is 0.415. The average molecular weight is 230 g/mol. The first kappa shape index (κ1) is 11.9. The lowest BCUT2D eigenvalue weighted by Crippen LogP contribution is -2.27. The molecule has 3 N–H and O–H groups in total. The largest absolute Gasteiger partial charge is 0.497 e. The molecule has 0 fully saturated rings. The number of hydrogen-bond donors (Lipinski definition) is 2. The van der Waals surface area contributed by atoms with E-state index in [4.69, 9.17) is 10.6 Å². The van der Waals surface area contributed by atoms with Crippen LogP contribution in [0.2, 0.25) is 0 Å². The van der Waals surface area contributed by atoms with Gasteiger partial charge in [-0.3, -0.25) is 11.3 Å². The molecule has 3 nitrogen and oxygen atoms in total. The molecule has 2 aromatic carbocycles. The summed E-state index contributed by atoms with van der Waals surface area (Å²) in [6.07, 6.45) is 0.970. The first-order chi connectivity index (χ1) is 8.28. The zero-order valence-corrected chi connectivity index (χ0v) is 10.2. The van der Waals surface area contributed by atoms with Crippen molar-refractivity contribution in [1.29, 1.82) is 0 Å². The summed E-state index contributed by atoms with van der Waals surface area (Å²) in [4.78, 5) is 0. The summed E-state index contributed by atoms with van der Waals surface area (Å²) < 4.78 is 5.21. The molecule has 0 radical (unpaired) electrons. The second-order valence-electron chi connectivity index (χ2n) is 4.10. The number of methoxy groups -OCH3 is 1. The van der Waals surface area contributed by atoms with Gasteiger partial charge >= 0.3 is 0 Å². The molecule has 0 saturated carbocycles. The van der Waals surface area contributed by atoms with Crippen LogP contribution < -0.4 is 16.0 Å². The van der Waals surface area contributed by atoms with Gasteiger partial charge in [-0.1, -0.05) is 25.1 Å². The van der Waals surface area contributed by atoms with Crippen LogP contribution in [0.25, 0.3) is 10.8 Å². The van der Waals surface area contributed by atoms with Crippen molar-refractivity contribution < 1.29 is 4.74 Å². The van der Waals surface area contributed by atoms with Crippen molar-refractivity contribution in [2.75, 3.05) is 7.11 Å². The normalized spacial score (nSPS) is 12.6. The highest BCUT2D eigenvalue weighted by Gasteiger charge is 2.07. The Morgan fingerprint density at radius 2 is 1.88 bits per heavy atom. The molecule has 2 rings (SSSR count). The quantitative estimate of drug-likeness (QED) is 0.627. The Hall–Kier alpha value is -1.58.